The number of nitrogens with one attached hydrogen (secondary N) is 1. The molecule has 0 saturated carbocycles. The normalized spacial score (nSPS) is 15.0. The minimum atomic E-state index is 0.337. The second-order valence-corrected chi connectivity index (χ2v) is 5.97. The lowest BCUT2D eigenvalue weighted by atomic mass is 10.2. The van der Waals surface area contributed by atoms with Crippen LogP contribution in [0.25, 0.3) is 0 Å². The number of ether oxygens (including phenoxy) is 1. The molecule has 0 spiro atoms. The zero-order valence-electron chi connectivity index (χ0n) is 14.3. The predicted molar refractivity (Wildman–Crippen MR) is 93.4 cm³/mol. The van der Waals surface area contributed by atoms with E-state index in [0.29, 0.717) is 24.5 Å². The fourth-order valence-electron chi connectivity index (χ4n) is 2.79. The van der Waals surface area contributed by atoms with Gasteiger partial charge in [-0.05, 0) is 31.4 Å². The molecule has 1 N–H and O–H groups in total. The van der Waals surface area contributed by atoms with Gasteiger partial charge in [-0.2, -0.15) is 15.0 Å². The lowest BCUT2D eigenvalue weighted by molar-refractivity contribution is 0.378. The van der Waals surface area contributed by atoms with Crippen molar-refractivity contribution >= 4 is 11.9 Å². The highest BCUT2D eigenvalue weighted by Crippen LogP contribution is 2.19. The fourth-order valence-corrected chi connectivity index (χ4v) is 2.79. The molecule has 3 rings (SSSR count). The van der Waals surface area contributed by atoms with Gasteiger partial charge in [-0.25, -0.2) is 0 Å². The highest BCUT2D eigenvalue weighted by Gasteiger charge is 2.16. The summed E-state index contributed by atoms with van der Waals surface area (Å²) in [7, 11) is 1.58. The molecule has 24 heavy (non-hydrogen) atoms. The molecular weight excluding hydrogens is 304 g/mol. The Hall–Kier alpha value is -2.44. The van der Waals surface area contributed by atoms with Gasteiger partial charge in [0.05, 0.1) is 19.3 Å². The topological polar surface area (TPSA) is 76.1 Å². The van der Waals surface area contributed by atoms with Crippen LogP contribution in [0.15, 0.2) is 18.3 Å². The van der Waals surface area contributed by atoms with Gasteiger partial charge in [-0.15, -0.1) is 0 Å². The second kappa shape index (κ2) is 7.90. The fraction of sp³-hybridized carbons (Fsp3) is 0.529. The third-order valence-electron chi connectivity index (χ3n) is 4.21. The Kier molecular flexibility index (Phi) is 5.40. The number of hydrogen-bond acceptors (Lipinski definition) is 7. The van der Waals surface area contributed by atoms with Gasteiger partial charge in [0.15, 0.2) is 0 Å². The van der Waals surface area contributed by atoms with Gasteiger partial charge in [-0.3, -0.25) is 4.98 Å². The highest BCUT2D eigenvalue weighted by molar-refractivity contribution is 5.39. The van der Waals surface area contributed by atoms with E-state index in [-0.39, 0.29) is 0 Å². The van der Waals surface area contributed by atoms with Crippen molar-refractivity contribution in [2.24, 2.45) is 0 Å². The summed E-state index contributed by atoms with van der Waals surface area (Å²) in [6.07, 6.45) is 6.67. The zero-order valence-corrected chi connectivity index (χ0v) is 14.3. The molecule has 128 valence electrons. The smallest absolute Gasteiger partial charge is 0.322 e. The number of anilines is 2. The Morgan fingerprint density at radius 1 is 1.12 bits per heavy atom. The van der Waals surface area contributed by atoms with Crippen molar-refractivity contribution in [2.75, 3.05) is 30.4 Å². The standard InChI is InChI=1S/C17H24N6O/c1-13-8-7-9-18-14(13)12-19-15-20-16(22-17(21-15)24-2)23-10-5-3-4-6-11-23/h7-9H,3-6,10-12H2,1-2H3,(H,19,20,21,22). The molecule has 1 fully saturated rings. The van der Waals surface area contributed by atoms with E-state index in [4.69, 9.17) is 4.74 Å². The molecule has 2 aromatic heterocycles. The number of hydrogen-bond donors (Lipinski definition) is 1. The number of aryl methyl sites for hydroxylation is 1. The minimum Gasteiger partial charge on any atom is -0.467 e. The van der Waals surface area contributed by atoms with E-state index in [1.807, 2.05) is 19.1 Å². The predicted octanol–water partition coefficient (Wildman–Crippen LogP) is 2.58. The van der Waals surface area contributed by atoms with Crippen molar-refractivity contribution in [1.29, 1.82) is 0 Å². The Bertz CT molecular complexity index is 670. The lowest BCUT2D eigenvalue weighted by Gasteiger charge is -2.20. The minimum absolute atomic E-state index is 0.337. The Morgan fingerprint density at radius 3 is 2.62 bits per heavy atom. The molecule has 0 radical (unpaired) electrons. The maximum Gasteiger partial charge on any atom is 0.322 e. The first kappa shape index (κ1) is 16.4. The van der Waals surface area contributed by atoms with Crippen LogP contribution in [0.4, 0.5) is 11.9 Å². The SMILES string of the molecule is COc1nc(NCc2ncccc2C)nc(N2CCCCCC2)n1. The average Bonchev–Trinajstić information content (AvgIpc) is 2.90. The average molecular weight is 328 g/mol. The summed E-state index contributed by atoms with van der Waals surface area (Å²) >= 11 is 0. The lowest BCUT2D eigenvalue weighted by Crippen LogP contribution is -2.26. The Morgan fingerprint density at radius 2 is 1.92 bits per heavy atom. The van der Waals surface area contributed by atoms with Gasteiger partial charge in [-0.1, -0.05) is 18.9 Å². The van der Waals surface area contributed by atoms with Gasteiger partial charge >= 0.3 is 6.01 Å². The van der Waals surface area contributed by atoms with E-state index in [2.05, 4.69) is 30.2 Å². The van der Waals surface area contributed by atoms with Crippen LogP contribution < -0.4 is 15.0 Å². The third-order valence-corrected chi connectivity index (χ3v) is 4.21. The first-order chi connectivity index (χ1) is 11.8. The molecule has 2 aromatic rings. The molecule has 0 aliphatic carbocycles. The molecule has 1 aliphatic heterocycles. The van der Waals surface area contributed by atoms with Crippen LogP contribution in [0.3, 0.4) is 0 Å². The van der Waals surface area contributed by atoms with Crippen molar-refractivity contribution in [3.63, 3.8) is 0 Å². The van der Waals surface area contributed by atoms with Crippen molar-refractivity contribution in [3.05, 3.63) is 29.6 Å². The monoisotopic (exact) mass is 328 g/mol. The van der Waals surface area contributed by atoms with Crippen molar-refractivity contribution in [2.45, 2.75) is 39.2 Å². The van der Waals surface area contributed by atoms with Crippen LogP contribution >= 0.6 is 0 Å². The van der Waals surface area contributed by atoms with Crippen LogP contribution in [0, 0.1) is 6.92 Å². The molecule has 1 aliphatic rings. The second-order valence-electron chi connectivity index (χ2n) is 5.97. The Balaban J connectivity index is 1.77. The number of rotatable bonds is 5. The highest BCUT2D eigenvalue weighted by atomic mass is 16.5. The summed E-state index contributed by atoms with van der Waals surface area (Å²) in [4.78, 5) is 19.9. The largest absolute Gasteiger partial charge is 0.467 e. The van der Waals surface area contributed by atoms with Gasteiger partial charge in [0.1, 0.15) is 0 Å². The van der Waals surface area contributed by atoms with E-state index in [1.165, 1.54) is 25.7 Å². The molecule has 0 unspecified atom stereocenters. The first-order valence-corrected chi connectivity index (χ1v) is 8.45. The number of nitrogens with zero attached hydrogens (tertiary/aromatic N) is 5. The van der Waals surface area contributed by atoms with Crippen molar-refractivity contribution in [3.8, 4) is 6.01 Å². The van der Waals surface area contributed by atoms with Gasteiger partial charge in [0.2, 0.25) is 11.9 Å². The van der Waals surface area contributed by atoms with E-state index < -0.39 is 0 Å². The van der Waals surface area contributed by atoms with Crippen LogP contribution in [-0.2, 0) is 6.54 Å². The summed E-state index contributed by atoms with van der Waals surface area (Å²) in [5, 5.41) is 3.24. The third kappa shape index (κ3) is 4.10. The molecule has 3 heterocycles. The maximum atomic E-state index is 5.25. The van der Waals surface area contributed by atoms with E-state index in [0.717, 1.165) is 24.3 Å². The van der Waals surface area contributed by atoms with E-state index in [9.17, 15) is 0 Å². The summed E-state index contributed by atoms with van der Waals surface area (Å²) in [5.74, 6) is 1.20. The molecule has 1 saturated heterocycles. The zero-order chi connectivity index (χ0) is 16.8. The van der Waals surface area contributed by atoms with E-state index in [1.54, 1.807) is 13.3 Å². The molecule has 7 heteroatoms. The number of methoxy groups -OCH3 is 1. The summed E-state index contributed by atoms with van der Waals surface area (Å²) in [5.41, 5.74) is 2.12. The van der Waals surface area contributed by atoms with E-state index >= 15 is 0 Å². The van der Waals surface area contributed by atoms with Crippen molar-refractivity contribution in [1.82, 2.24) is 19.9 Å². The van der Waals surface area contributed by atoms with Gasteiger partial charge in [0.25, 0.3) is 0 Å². The summed E-state index contributed by atoms with van der Waals surface area (Å²) < 4.78 is 5.25. The molecule has 0 atom stereocenters. The van der Waals surface area contributed by atoms with Gasteiger partial charge < -0.3 is 15.0 Å². The first-order valence-electron chi connectivity index (χ1n) is 8.45. The number of pyridine rings is 1. The molecule has 0 aromatic carbocycles. The maximum absolute atomic E-state index is 5.25. The molecular formula is C17H24N6O. The quantitative estimate of drug-likeness (QED) is 0.904. The van der Waals surface area contributed by atoms with Crippen molar-refractivity contribution < 1.29 is 4.74 Å². The molecule has 7 nitrogen and oxygen atoms in total. The summed E-state index contributed by atoms with van der Waals surface area (Å²) in [6.45, 7) is 4.57. The summed E-state index contributed by atoms with van der Waals surface area (Å²) in [6, 6.07) is 4.31. The molecule has 0 bridgehead atoms. The van der Waals surface area contributed by atoms with Crippen LogP contribution in [0.1, 0.15) is 36.9 Å². The van der Waals surface area contributed by atoms with Crippen LogP contribution in [0.5, 0.6) is 6.01 Å². The Labute approximate surface area is 142 Å². The van der Waals surface area contributed by atoms with Crippen LogP contribution in [0.2, 0.25) is 0 Å². The van der Waals surface area contributed by atoms with Gasteiger partial charge in [0, 0.05) is 19.3 Å². The molecule has 0 amide bonds. The number of aromatic nitrogens is 4. The van der Waals surface area contributed by atoms with Crippen LogP contribution in [-0.4, -0.2) is 40.1 Å².